The Labute approximate surface area is 111 Å². The summed E-state index contributed by atoms with van der Waals surface area (Å²) < 4.78 is 1.51. The summed E-state index contributed by atoms with van der Waals surface area (Å²) in [4.78, 5) is 0. The third-order valence-corrected chi connectivity index (χ3v) is 4.97. The number of thiophene rings is 1. The van der Waals surface area contributed by atoms with Crippen molar-refractivity contribution in [2.24, 2.45) is 11.7 Å². The molecule has 1 aliphatic carbocycles. The molecule has 90 valence electrons. The van der Waals surface area contributed by atoms with E-state index in [1.165, 1.54) is 49.9 Å². The second kappa shape index (κ2) is 5.72. The highest BCUT2D eigenvalue weighted by Crippen LogP contribution is 2.39. The fourth-order valence-corrected chi connectivity index (χ4v) is 4.07. The summed E-state index contributed by atoms with van der Waals surface area (Å²) in [5, 5.41) is 0. The van der Waals surface area contributed by atoms with Crippen LogP contribution in [0, 0.1) is 5.92 Å². The molecule has 1 nitrogen and oxygen atoms in total. The molecule has 0 saturated heterocycles. The fourth-order valence-electron chi connectivity index (χ4n) is 2.50. The summed E-state index contributed by atoms with van der Waals surface area (Å²) in [6, 6.07) is 2.00. The molecular weight excluding hydrogens is 261 g/mol. The van der Waals surface area contributed by atoms with E-state index in [0.29, 0.717) is 5.92 Å². The molecule has 0 aromatic carbocycles. The second-order valence-electron chi connectivity index (χ2n) is 4.56. The zero-order valence-corrected chi connectivity index (χ0v) is 11.5. The van der Waals surface area contributed by atoms with E-state index in [1.54, 1.807) is 0 Å². The lowest BCUT2D eigenvalue weighted by molar-refractivity contribution is 0.383. The minimum atomic E-state index is 0.0642. The highest BCUT2D eigenvalue weighted by Gasteiger charge is 2.23. The molecule has 0 amide bonds. The van der Waals surface area contributed by atoms with Gasteiger partial charge in [-0.15, -0.1) is 11.3 Å². The van der Waals surface area contributed by atoms with Crippen LogP contribution in [0.5, 0.6) is 0 Å². The topological polar surface area (TPSA) is 26.0 Å². The van der Waals surface area contributed by atoms with Gasteiger partial charge in [0, 0.05) is 11.6 Å². The van der Waals surface area contributed by atoms with E-state index in [4.69, 9.17) is 28.9 Å². The number of hydrogen-bond donors (Lipinski definition) is 1. The maximum atomic E-state index is 6.32. The summed E-state index contributed by atoms with van der Waals surface area (Å²) >= 11 is 13.5. The highest BCUT2D eigenvalue weighted by molar-refractivity contribution is 7.20. The van der Waals surface area contributed by atoms with Crippen LogP contribution in [0.15, 0.2) is 6.07 Å². The monoisotopic (exact) mass is 277 g/mol. The van der Waals surface area contributed by atoms with Crippen LogP contribution in [0.3, 0.4) is 0 Å². The number of hydrogen-bond acceptors (Lipinski definition) is 2. The fraction of sp³-hybridized carbons (Fsp3) is 0.667. The maximum absolute atomic E-state index is 6.32. The Balaban J connectivity index is 2.10. The van der Waals surface area contributed by atoms with Crippen LogP contribution in [-0.2, 0) is 0 Å². The van der Waals surface area contributed by atoms with Gasteiger partial charge in [-0.1, -0.05) is 48.9 Å². The van der Waals surface area contributed by atoms with Crippen LogP contribution in [0.25, 0.3) is 0 Å². The van der Waals surface area contributed by atoms with Crippen molar-refractivity contribution in [3.63, 3.8) is 0 Å². The largest absolute Gasteiger partial charge is 0.324 e. The van der Waals surface area contributed by atoms with E-state index in [9.17, 15) is 0 Å². The predicted octanol–water partition coefficient (Wildman–Crippen LogP) is 5.03. The van der Waals surface area contributed by atoms with Gasteiger partial charge in [0.2, 0.25) is 0 Å². The first-order valence-electron chi connectivity index (χ1n) is 5.89. The number of halogens is 2. The van der Waals surface area contributed by atoms with Crippen molar-refractivity contribution < 1.29 is 0 Å². The van der Waals surface area contributed by atoms with Gasteiger partial charge in [-0.05, 0) is 24.8 Å². The molecule has 0 spiro atoms. The molecule has 2 rings (SSSR count). The Kier molecular flexibility index (Phi) is 4.54. The van der Waals surface area contributed by atoms with E-state index in [2.05, 4.69) is 0 Å². The third-order valence-electron chi connectivity index (χ3n) is 3.45. The van der Waals surface area contributed by atoms with Crippen LogP contribution in [-0.4, -0.2) is 0 Å². The Morgan fingerprint density at radius 1 is 1.19 bits per heavy atom. The lowest BCUT2D eigenvalue weighted by Gasteiger charge is -2.21. The minimum absolute atomic E-state index is 0.0642. The average molecular weight is 278 g/mol. The van der Waals surface area contributed by atoms with Gasteiger partial charge < -0.3 is 5.73 Å². The standard InChI is InChI=1S/C12H17Cl2NS/c13-10-7-9(12(14)16-10)11(15)8-5-3-1-2-4-6-8/h7-8,11H,1-6,15H2. The molecule has 2 N–H and O–H groups in total. The molecular formula is C12H17Cl2NS. The van der Waals surface area contributed by atoms with Crippen molar-refractivity contribution in [1.82, 2.24) is 0 Å². The molecule has 1 aromatic heterocycles. The van der Waals surface area contributed by atoms with Crippen molar-refractivity contribution in [3.05, 3.63) is 20.3 Å². The SMILES string of the molecule is NC(c1cc(Cl)sc1Cl)C1CCCCCC1. The normalized spacial score (nSPS) is 20.7. The van der Waals surface area contributed by atoms with Crippen molar-refractivity contribution in [2.75, 3.05) is 0 Å². The van der Waals surface area contributed by atoms with Gasteiger partial charge in [-0.2, -0.15) is 0 Å². The second-order valence-corrected chi connectivity index (χ2v) is 6.84. The Morgan fingerprint density at radius 3 is 2.31 bits per heavy atom. The molecule has 1 atom stereocenters. The van der Waals surface area contributed by atoms with E-state index in [1.807, 2.05) is 6.07 Å². The van der Waals surface area contributed by atoms with E-state index >= 15 is 0 Å². The van der Waals surface area contributed by atoms with Gasteiger partial charge in [-0.3, -0.25) is 0 Å². The zero-order chi connectivity index (χ0) is 11.5. The van der Waals surface area contributed by atoms with Crippen molar-refractivity contribution in [3.8, 4) is 0 Å². The van der Waals surface area contributed by atoms with Gasteiger partial charge in [0.05, 0.1) is 8.67 Å². The van der Waals surface area contributed by atoms with Crippen molar-refractivity contribution >= 4 is 34.5 Å². The van der Waals surface area contributed by atoms with E-state index < -0.39 is 0 Å². The molecule has 4 heteroatoms. The summed E-state index contributed by atoms with van der Waals surface area (Å²) in [7, 11) is 0. The average Bonchev–Trinajstić information content (AvgIpc) is 2.49. The predicted molar refractivity (Wildman–Crippen MR) is 72.5 cm³/mol. The van der Waals surface area contributed by atoms with Gasteiger partial charge in [0.15, 0.2) is 0 Å². The molecule has 1 heterocycles. The first-order valence-corrected chi connectivity index (χ1v) is 7.46. The zero-order valence-electron chi connectivity index (χ0n) is 9.22. The van der Waals surface area contributed by atoms with Crippen LogP contribution in [0.2, 0.25) is 8.67 Å². The van der Waals surface area contributed by atoms with Crippen LogP contribution in [0.1, 0.15) is 50.1 Å². The smallest absolute Gasteiger partial charge is 0.0991 e. The highest BCUT2D eigenvalue weighted by atomic mass is 35.5. The van der Waals surface area contributed by atoms with Crippen LogP contribution in [0.4, 0.5) is 0 Å². The van der Waals surface area contributed by atoms with Gasteiger partial charge in [0.1, 0.15) is 0 Å². The molecule has 0 bridgehead atoms. The van der Waals surface area contributed by atoms with Crippen molar-refractivity contribution in [2.45, 2.75) is 44.6 Å². The summed E-state index contributed by atoms with van der Waals surface area (Å²) in [5.41, 5.74) is 7.36. The molecule has 1 fully saturated rings. The minimum Gasteiger partial charge on any atom is -0.324 e. The van der Waals surface area contributed by atoms with Gasteiger partial charge >= 0.3 is 0 Å². The summed E-state index contributed by atoms with van der Waals surface area (Å²) in [6.07, 6.45) is 7.75. The van der Waals surface area contributed by atoms with Gasteiger partial charge in [0.25, 0.3) is 0 Å². The van der Waals surface area contributed by atoms with Crippen LogP contribution < -0.4 is 5.73 Å². The lowest BCUT2D eigenvalue weighted by atomic mass is 9.89. The summed E-state index contributed by atoms with van der Waals surface area (Å²) in [5.74, 6) is 0.575. The molecule has 1 aromatic rings. The molecule has 1 unspecified atom stereocenters. The number of nitrogens with two attached hydrogens (primary N) is 1. The Hall–Kier alpha value is 0.240. The van der Waals surface area contributed by atoms with E-state index in [0.717, 1.165) is 14.2 Å². The summed E-state index contributed by atoms with van der Waals surface area (Å²) in [6.45, 7) is 0. The number of rotatable bonds is 2. The van der Waals surface area contributed by atoms with Crippen molar-refractivity contribution in [1.29, 1.82) is 0 Å². The first kappa shape index (κ1) is 12.7. The molecule has 0 aliphatic heterocycles. The molecule has 16 heavy (non-hydrogen) atoms. The molecule has 1 saturated carbocycles. The third kappa shape index (κ3) is 2.92. The quantitative estimate of drug-likeness (QED) is 0.755. The maximum Gasteiger partial charge on any atom is 0.0991 e. The lowest BCUT2D eigenvalue weighted by Crippen LogP contribution is -2.20. The van der Waals surface area contributed by atoms with E-state index in [-0.39, 0.29) is 6.04 Å². The van der Waals surface area contributed by atoms with Gasteiger partial charge in [-0.25, -0.2) is 0 Å². The molecule has 1 aliphatic rings. The Morgan fingerprint density at radius 2 is 1.81 bits per heavy atom. The Bertz CT molecular complexity index is 343. The molecule has 0 radical (unpaired) electrons. The van der Waals surface area contributed by atoms with Crippen LogP contribution >= 0.6 is 34.5 Å². The first-order chi connectivity index (χ1) is 7.68.